The quantitative estimate of drug-likeness (QED) is 0.617. The highest BCUT2D eigenvalue weighted by atomic mass is 31.1. The van der Waals surface area contributed by atoms with Gasteiger partial charge in [0.2, 0.25) is 0 Å². The summed E-state index contributed by atoms with van der Waals surface area (Å²) < 4.78 is 0. The summed E-state index contributed by atoms with van der Waals surface area (Å²) in [5.41, 5.74) is 0. The van der Waals surface area contributed by atoms with Gasteiger partial charge in [0.1, 0.15) is 0 Å². The van der Waals surface area contributed by atoms with E-state index in [0.717, 1.165) is 0 Å². The summed E-state index contributed by atoms with van der Waals surface area (Å²) in [5, 5.41) is 1.55. The van der Waals surface area contributed by atoms with Crippen LogP contribution in [0, 0.1) is 0 Å². The Morgan fingerprint density at radius 2 is 1.11 bits per heavy atom. The Labute approximate surface area is 117 Å². The van der Waals surface area contributed by atoms with E-state index in [1.165, 1.54) is 30.8 Å². The summed E-state index contributed by atoms with van der Waals surface area (Å²) in [6.07, 6.45) is 6.89. The van der Waals surface area contributed by atoms with Crippen LogP contribution in [0.4, 0.5) is 0 Å². The van der Waals surface area contributed by atoms with Crippen LogP contribution in [0.1, 0.15) is 34.6 Å². The van der Waals surface area contributed by atoms with Gasteiger partial charge in [-0.3, -0.25) is 0 Å². The van der Waals surface area contributed by atoms with Gasteiger partial charge in [-0.25, -0.2) is 0 Å². The third-order valence-electron chi connectivity index (χ3n) is 3.23. The molecule has 18 heavy (non-hydrogen) atoms. The highest BCUT2D eigenvalue weighted by Gasteiger charge is 2.03. The second-order valence-electron chi connectivity index (χ2n) is 4.13. The first-order chi connectivity index (χ1) is 8.73. The molecule has 0 nitrogen and oxygen atoms in total. The van der Waals surface area contributed by atoms with Crippen LogP contribution in [0.2, 0.25) is 0 Å². The van der Waals surface area contributed by atoms with Crippen molar-refractivity contribution in [2.45, 2.75) is 34.6 Å². The average Bonchev–Trinajstić information content (AvgIpc) is 2.44. The van der Waals surface area contributed by atoms with Crippen LogP contribution in [-0.2, 0) is 0 Å². The summed E-state index contributed by atoms with van der Waals surface area (Å²) >= 11 is 0. The van der Waals surface area contributed by atoms with Crippen molar-refractivity contribution < 1.29 is 0 Å². The van der Waals surface area contributed by atoms with Crippen LogP contribution in [0.3, 0.4) is 0 Å². The molecule has 0 heterocycles. The second kappa shape index (κ2) is 12.1. The van der Waals surface area contributed by atoms with Crippen LogP contribution in [0.5, 0.6) is 0 Å². The van der Waals surface area contributed by atoms with Crippen molar-refractivity contribution in [2.24, 2.45) is 0 Å². The molecule has 1 aromatic carbocycles. The van der Waals surface area contributed by atoms with Crippen molar-refractivity contribution in [1.29, 1.82) is 0 Å². The maximum Gasteiger partial charge on any atom is -0.0241 e. The summed E-state index contributed by atoms with van der Waals surface area (Å²) in [7, 11) is 0.595. The maximum atomic E-state index is 2.29. The number of benzene rings is 1. The number of hydrogen-bond acceptors (Lipinski definition) is 0. The Morgan fingerprint density at radius 1 is 0.667 bits per heavy atom. The van der Waals surface area contributed by atoms with Gasteiger partial charge in [-0.1, -0.05) is 72.9 Å². The molecule has 0 aliphatic carbocycles. The minimum Gasteiger partial charge on any atom is -0.108 e. The predicted molar refractivity (Wildman–Crippen MR) is 92.6 cm³/mol. The lowest BCUT2D eigenvalue weighted by atomic mass is 10.4. The lowest BCUT2D eigenvalue weighted by Crippen LogP contribution is -2.02. The SMILES string of the molecule is CCP(CC)CC.CCP(CC)c1ccccc1. The summed E-state index contributed by atoms with van der Waals surface area (Å²) in [4.78, 5) is 0. The normalized spacial score (nSPS) is 10.4. The second-order valence-corrected chi connectivity index (χ2v) is 10.2. The Bertz CT molecular complexity index is 258. The van der Waals surface area contributed by atoms with Gasteiger partial charge in [-0.2, -0.15) is 0 Å². The van der Waals surface area contributed by atoms with Crippen LogP contribution in [-0.4, -0.2) is 30.8 Å². The smallest absolute Gasteiger partial charge is 0.0241 e. The Kier molecular flexibility index (Phi) is 12.2. The molecule has 104 valence electrons. The molecule has 0 fully saturated rings. The molecule has 0 bridgehead atoms. The standard InChI is InChI=1S/C10H15P.C6H15P/c1-3-11(4-2)10-8-6-5-7-9-10;1-4-7(5-2)6-3/h5-9H,3-4H2,1-2H3;4-6H2,1-3H3. The topological polar surface area (TPSA) is 0 Å². The highest BCUT2D eigenvalue weighted by Crippen LogP contribution is 2.32. The van der Waals surface area contributed by atoms with Gasteiger partial charge in [-0.05, 0) is 36.1 Å². The fraction of sp³-hybridized carbons (Fsp3) is 0.625. The van der Waals surface area contributed by atoms with E-state index in [2.05, 4.69) is 65.0 Å². The van der Waals surface area contributed by atoms with E-state index >= 15 is 0 Å². The minimum atomic E-state index is 0.149. The van der Waals surface area contributed by atoms with Gasteiger partial charge >= 0.3 is 0 Å². The van der Waals surface area contributed by atoms with Crippen molar-refractivity contribution in [3.05, 3.63) is 30.3 Å². The van der Waals surface area contributed by atoms with E-state index < -0.39 is 0 Å². The number of hydrogen-bond donors (Lipinski definition) is 0. The van der Waals surface area contributed by atoms with Crippen molar-refractivity contribution in [1.82, 2.24) is 0 Å². The highest BCUT2D eigenvalue weighted by molar-refractivity contribution is 7.65. The van der Waals surface area contributed by atoms with Crippen molar-refractivity contribution in [3.8, 4) is 0 Å². The molecule has 0 aliphatic rings. The molecule has 0 atom stereocenters. The fourth-order valence-electron chi connectivity index (χ4n) is 1.90. The predicted octanol–water partition coefficient (Wildman–Crippen LogP) is 5.36. The third kappa shape index (κ3) is 7.50. The van der Waals surface area contributed by atoms with Gasteiger partial charge in [-0.15, -0.1) is 7.92 Å². The van der Waals surface area contributed by atoms with E-state index in [-0.39, 0.29) is 7.92 Å². The third-order valence-corrected chi connectivity index (χ3v) is 8.47. The van der Waals surface area contributed by atoms with Gasteiger partial charge in [0.05, 0.1) is 0 Å². The molecule has 0 spiro atoms. The first kappa shape index (κ1) is 18.1. The lowest BCUT2D eigenvalue weighted by molar-refractivity contribution is 1.35. The Morgan fingerprint density at radius 3 is 1.39 bits per heavy atom. The van der Waals surface area contributed by atoms with Gasteiger partial charge in [0, 0.05) is 0 Å². The molecule has 0 aliphatic heterocycles. The maximum absolute atomic E-state index is 2.29. The minimum absolute atomic E-state index is 0.149. The molecular weight excluding hydrogens is 254 g/mol. The molecule has 0 unspecified atom stereocenters. The first-order valence-corrected chi connectivity index (χ1v) is 10.9. The molecular formula is C16H30P2. The molecule has 0 saturated carbocycles. The van der Waals surface area contributed by atoms with Crippen molar-refractivity contribution >= 4 is 21.1 Å². The molecule has 0 radical (unpaired) electrons. The zero-order valence-corrected chi connectivity index (χ0v) is 14.6. The van der Waals surface area contributed by atoms with Crippen LogP contribution >= 0.6 is 15.8 Å². The zero-order valence-electron chi connectivity index (χ0n) is 12.8. The number of rotatable bonds is 6. The van der Waals surface area contributed by atoms with E-state index in [1.807, 2.05) is 0 Å². The summed E-state index contributed by atoms with van der Waals surface area (Å²) in [6.45, 7) is 11.4. The molecule has 0 N–H and O–H groups in total. The molecule has 0 amide bonds. The van der Waals surface area contributed by atoms with Crippen LogP contribution < -0.4 is 5.30 Å². The monoisotopic (exact) mass is 284 g/mol. The average molecular weight is 284 g/mol. The molecule has 2 heteroatoms. The first-order valence-electron chi connectivity index (χ1n) is 7.25. The van der Waals surface area contributed by atoms with Crippen LogP contribution in [0.15, 0.2) is 30.3 Å². The van der Waals surface area contributed by atoms with Gasteiger partial charge in [0.25, 0.3) is 0 Å². The van der Waals surface area contributed by atoms with E-state index in [9.17, 15) is 0 Å². The molecule has 1 aromatic rings. The largest absolute Gasteiger partial charge is 0.108 e. The molecule has 0 saturated heterocycles. The summed E-state index contributed by atoms with van der Waals surface area (Å²) in [6, 6.07) is 10.9. The van der Waals surface area contributed by atoms with Crippen molar-refractivity contribution in [2.75, 3.05) is 30.8 Å². The Balaban J connectivity index is 0.000000360. The van der Waals surface area contributed by atoms with Gasteiger partial charge in [0.15, 0.2) is 0 Å². The Hall–Kier alpha value is 0.0800. The fourth-order valence-corrected chi connectivity index (χ4v) is 5.01. The molecule has 0 aromatic heterocycles. The van der Waals surface area contributed by atoms with E-state index in [1.54, 1.807) is 5.30 Å². The van der Waals surface area contributed by atoms with E-state index in [0.29, 0.717) is 7.92 Å². The van der Waals surface area contributed by atoms with E-state index in [4.69, 9.17) is 0 Å². The zero-order chi connectivity index (χ0) is 13.8. The molecule has 1 rings (SSSR count). The lowest BCUT2D eigenvalue weighted by Gasteiger charge is -2.12. The van der Waals surface area contributed by atoms with Crippen molar-refractivity contribution in [3.63, 3.8) is 0 Å². The summed E-state index contributed by atoms with van der Waals surface area (Å²) in [5.74, 6) is 0. The van der Waals surface area contributed by atoms with Gasteiger partial charge < -0.3 is 0 Å². The van der Waals surface area contributed by atoms with Crippen LogP contribution in [0.25, 0.3) is 0 Å².